The first-order valence-electron chi connectivity index (χ1n) is 5.96. The van der Waals surface area contributed by atoms with Crippen molar-refractivity contribution in [3.05, 3.63) is 33.9 Å². The monoisotopic (exact) mass is 288 g/mol. The van der Waals surface area contributed by atoms with Crippen molar-refractivity contribution in [1.29, 1.82) is 0 Å². The van der Waals surface area contributed by atoms with Crippen LogP contribution in [-0.2, 0) is 9.47 Å². The molecule has 8 heteroatoms. The quantitative estimate of drug-likeness (QED) is 0.683. The first-order chi connectivity index (χ1) is 9.28. The average molecular weight is 288 g/mol. The van der Waals surface area contributed by atoms with E-state index in [2.05, 4.69) is 5.32 Å². The lowest BCUT2D eigenvalue weighted by Gasteiger charge is -2.35. The van der Waals surface area contributed by atoms with Crippen molar-refractivity contribution in [3.63, 3.8) is 0 Å². The molecule has 110 valence electrons. The molecule has 1 aromatic rings. The number of hydrogen-bond donors (Lipinski definition) is 1. The van der Waals surface area contributed by atoms with Crippen molar-refractivity contribution in [2.24, 2.45) is 0 Å². The number of rotatable bonds is 3. The normalized spacial score (nSPS) is 18.8. The Morgan fingerprint density at radius 3 is 2.45 bits per heavy atom. The summed E-state index contributed by atoms with van der Waals surface area (Å²) in [6, 6.07) is 0.932. The fourth-order valence-corrected chi connectivity index (χ4v) is 1.78. The van der Waals surface area contributed by atoms with Crippen LogP contribution in [0.3, 0.4) is 0 Å². The molecular formula is C12H14F2N2O4. The second-order valence-electron chi connectivity index (χ2n) is 4.90. The van der Waals surface area contributed by atoms with Gasteiger partial charge in [-0.2, -0.15) is 4.39 Å². The molecule has 1 heterocycles. The Balaban J connectivity index is 2.14. The lowest BCUT2D eigenvalue weighted by molar-refractivity contribution is -0.387. The van der Waals surface area contributed by atoms with Gasteiger partial charge in [0.05, 0.1) is 29.9 Å². The van der Waals surface area contributed by atoms with E-state index in [1.807, 2.05) is 0 Å². The minimum atomic E-state index is -1.21. The minimum Gasteiger partial charge on any atom is -0.375 e. The van der Waals surface area contributed by atoms with Gasteiger partial charge in [-0.25, -0.2) is 4.39 Å². The maximum atomic E-state index is 13.6. The highest BCUT2D eigenvalue weighted by atomic mass is 19.1. The topological polar surface area (TPSA) is 73.6 Å². The summed E-state index contributed by atoms with van der Waals surface area (Å²) in [7, 11) is 0. The van der Waals surface area contributed by atoms with Crippen LogP contribution in [0.2, 0.25) is 0 Å². The van der Waals surface area contributed by atoms with Crippen LogP contribution in [-0.4, -0.2) is 30.0 Å². The van der Waals surface area contributed by atoms with Crippen LogP contribution in [0.5, 0.6) is 0 Å². The third kappa shape index (κ3) is 3.20. The molecule has 2 rings (SSSR count). The van der Waals surface area contributed by atoms with Crippen LogP contribution in [0.1, 0.15) is 13.8 Å². The summed E-state index contributed by atoms with van der Waals surface area (Å²) in [6.07, 6.45) is 0. The largest absolute Gasteiger partial charge is 0.375 e. The molecular weight excluding hydrogens is 274 g/mol. The Labute approximate surface area is 113 Å². The zero-order chi connectivity index (χ0) is 14.9. The SMILES string of the molecule is CC1(C)OCC(Nc2cc([N+](=O)[O-])c(F)cc2F)CO1. The van der Waals surface area contributed by atoms with E-state index in [1.165, 1.54) is 0 Å². The van der Waals surface area contributed by atoms with Crippen LogP contribution < -0.4 is 5.32 Å². The molecule has 1 aromatic carbocycles. The van der Waals surface area contributed by atoms with Crippen molar-refractivity contribution in [1.82, 2.24) is 0 Å². The van der Waals surface area contributed by atoms with Crippen molar-refractivity contribution < 1.29 is 23.2 Å². The Bertz CT molecular complexity index is 526. The lowest BCUT2D eigenvalue weighted by Crippen LogP contribution is -2.45. The molecule has 1 fully saturated rings. The first kappa shape index (κ1) is 14.6. The van der Waals surface area contributed by atoms with Gasteiger partial charge in [0.1, 0.15) is 5.82 Å². The van der Waals surface area contributed by atoms with E-state index >= 15 is 0 Å². The highest BCUT2D eigenvalue weighted by Crippen LogP contribution is 2.27. The number of anilines is 1. The van der Waals surface area contributed by atoms with Crippen molar-refractivity contribution in [3.8, 4) is 0 Å². The molecule has 0 spiro atoms. The van der Waals surface area contributed by atoms with Gasteiger partial charge in [0.2, 0.25) is 5.82 Å². The number of nitro groups is 1. The van der Waals surface area contributed by atoms with Gasteiger partial charge >= 0.3 is 5.69 Å². The number of benzene rings is 1. The third-order valence-electron chi connectivity index (χ3n) is 2.86. The molecule has 0 atom stereocenters. The van der Waals surface area contributed by atoms with Gasteiger partial charge in [0, 0.05) is 12.1 Å². The molecule has 1 N–H and O–H groups in total. The first-order valence-corrected chi connectivity index (χ1v) is 5.96. The molecule has 0 radical (unpaired) electrons. The fraction of sp³-hybridized carbons (Fsp3) is 0.500. The molecule has 0 saturated carbocycles. The highest BCUT2D eigenvalue weighted by molar-refractivity contribution is 5.53. The molecule has 0 unspecified atom stereocenters. The van der Waals surface area contributed by atoms with Crippen LogP contribution in [0.4, 0.5) is 20.2 Å². The molecule has 0 aliphatic carbocycles. The number of hydrogen-bond acceptors (Lipinski definition) is 5. The van der Waals surface area contributed by atoms with E-state index in [4.69, 9.17) is 9.47 Å². The molecule has 0 amide bonds. The molecule has 20 heavy (non-hydrogen) atoms. The number of nitrogens with one attached hydrogen (secondary N) is 1. The Kier molecular flexibility index (Phi) is 3.87. The summed E-state index contributed by atoms with van der Waals surface area (Å²) in [5, 5.41) is 13.3. The summed E-state index contributed by atoms with van der Waals surface area (Å²) in [4.78, 5) is 9.72. The second-order valence-corrected chi connectivity index (χ2v) is 4.90. The predicted octanol–water partition coefficient (Wildman–Crippen LogP) is 2.44. The molecule has 0 bridgehead atoms. The van der Waals surface area contributed by atoms with Gasteiger partial charge in [0.15, 0.2) is 5.79 Å². The van der Waals surface area contributed by atoms with E-state index in [-0.39, 0.29) is 24.9 Å². The Hall–Kier alpha value is -1.80. The van der Waals surface area contributed by atoms with Crippen molar-refractivity contribution >= 4 is 11.4 Å². The van der Waals surface area contributed by atoms with Gasteiger partial charge in [-0.3, -0.25) is 10.1 Å². The van der Waals surface area contributed by atoms with Gasteiger partial charge < -0.3 is 14.8 Å². The fourth-order valence-electron chi connectivity index (χ4n) is 1.78. The maximum absolute atomic E-state index is 13.6. The highest BCUT2D eigenvalue weighted by Gasteiger charge is 2.29. The molecule has 1 aliphatic heterocycles. The standard InChI is InChI=1S/C12H14F2N2O4/c1-12(2)19-5-7(6-20-12)15-10-4-11(16(17)18)9(14)3-8(10)13/h3-4,7,15H,5-6H2,1-2H3. The molecule has 1 saturated heterocycles. The maximum Gasteiger partial charge on any atom is 0.307 e. The summed E-state index contributed by atoms with van der Waals surface area (Å²) in [5.41, 5.74) is -0.943. The summed E-state index contributed by atoms with van der Waals surface area (Å²) < 4.78 is 37.5. The number of nitrogens with zero attached hydrogens (tertiary/aromatic N) is 1. The molecule has 6 nitrogen and oxygen atoms in total. The number of halogens is 2. The van der Waals surface area contributed by atoms with E-state index < -0.39 is 28.0 Å². The van der Waals surface area contributed by atoms with E-state index in [0.717, 1.165) is 6.07 Å². The summed E-state index contributed by atoms with van der Waals surface area (Å²) in [6.45, 7) is 3.98. The van der Waals surface area contributed by atoms with E-state index in [9.17, 15) is 18.9 Å². The zero-order valence-electron chi connectivity index (χ0n) is 11.0. The van der Waals surface area contributed by atoms with E-state index in [1.54, 1.807) is 13.8 Å². The van der Waals surface area contributed by atoms with Gasteiger partial charge in [-0.15, -0.1) is 0 Å². The van der Waals surface area contributed by atoms with Crippen LogP contribution in [0, 0.1) is 21.7 Å². The van der Waals surface area contributed by atoms with Gasteiger partial charge in [0.25, 0.3) is 0 Å². The number of nitro benzene ring substituents is 1. The van der Waals surface area contributed by atoms with Gasteiger partial charge in [-0.1, -0.05) is 0 Å². The van der Waals surface area contributed by atoms with Crippen LogP contribution in [0.25, 0.3) is 0 Å². The Morgan fingerprint density at radius 1 is 1.30 bits per heavy atom. The number of ether oxygens (including phenoxy) is 2. The van der Waals surface area contributed by atoms with E-state index in [0.29, 0.717) is 6.07 Å². The second kappa shape index (κ2) is 5.29. The summed E-state index contributed by atoms with van der Waals surface area (Å²) >= 11 is 0. The zero-order valence-corrected chi connectivity index (χ0v) is 11.0. The van der Waals surface area contributed by atoms with Gasteiger partial charge in [-0.05, 0) is 13.8 Å². The molecule has 1 aliphatic rings. The van der Waals surface area contributed by atoms with Crippen molar-refractivity contribution in [2.75, 3.05) is 18.5 Å². The predicted molar refractivity (Wildman–Crippen MR) is 66.4 cm³/mol. The Morgan fingerprint density at radius 2 is 1.90 bits per heavy atom. The van der Waals surface area contributed by atoms with Crippen LogP contribution in [0.15, 0.2) is 12.1 Å². The molecule has 0 aromatic heterocycles. The minimum absolute atomic E-state index is 0.157. The average Bonchev–Trinajstić information content (AvgIpc) is 2.34. The summed E-state index contributed by atoms with van der Waals surface area (Å²) in [5.74, 6) is -2.83. The third-order valence-corrected chi connectivity index (χ3v) is 2.86. The van der Waals surface area contributed by atoms with Crippen molar-refractivity contribution in [2.45, 2.75) is 25.7 Å². The van der Waals surface area contributed by atoms with Crippen LogP contribution >= 0.6 is 0 Å². The smallest absolute Gasteiger partial charge is 0.307 e. The lowest BCUT2D eigenvalue weighted by atomic mass is 10.2.